The van der Waals surface area contributed by atoms with Crippen LogP contribution in [0.2, 0.25) is 0 Å². The molecule has 0 spiro atoms. The van der Waals surface area contributed by atoms with Gasteiger partial charge in [-0.2, -0.15) is 5.10 Å². The Morgan fingerprint density at radius 2 is 1.95 bits per heavy atom. The molecule has 2 rings (SSSR count). The molecule has 1 aromatic carbocycles. The maximum atomic E-state index is 6.07. The van der Waals surface area contributed by atoms with Crippen LogP contribution < -0.4 is 10.5 Å². The normalized spacial score (nSPS) is 12.7. The zero-order chi connectivity index (χ0) is 14.0. The predicted octanol–water partition coefficient (Wildman–Crippen LogP) is 3.02. The van der Waals surface area contributed by atoms with Crippen molar-refractivity contribution in [2.45, 2.75) is 32.7 Å². The summed E-state index contributed by atoms with van der Waals surface area (Å²) < 4.78 is 7.27. The number of nitrogens with two attached hydrogens (primary N) is 1. The summed E-state index contributed by atoms with van der Waals surface area (Å²) in [7, 11) is 1.66. The van der Waals surface area contributed by atoms with Crippen molar-refractivity contribution in [2.75, 3.05) is 7.11 Å². The summed E-state index contributed by atoms with van der Waals surface area (Å²) in [6, 6.07) is 7.82. The lowest BCUT2D eigenvalue weighted by Gasteiger charge is -2.16. The van der Waals surface area contributed by atoms with Crippen molar-refractivity contribution < 1.29 is 4.74 Å². The van der Waals surface area contributed by atoms with Gasteiger partial charge in [-0.15, -0.1) is 0 Å². The maximum absolute atomic E-state index is 6.07. The highest BCUT2D eigenvalue weighted by Crippen LogP contribution is 2.30. The number of ether oxygens (including phenoxy) is 1. The summed E-state index contributed by atoms with van der Waals surface area (Å²) >= 11 is 0. The molecule has 0 aliphatic heterocycles. The van der Waals surface area contributed by atoms with Gasteiger partial charge in [-0.1, -0.05) is 19.9 Å². The van der Waals surface area contributed by atoms with Crippen molar-refractivity contribution in [3.05, 3.63) is 41.7 Å². The minimum atomic E-state index is -0.113. The number of hydrogen-bond donors (Lipinski definition) is 1. The zero-order valence-corrected chi connectivity index (χ0v) is 11.9. The largest absolute Gasteiger partial charge is 0.496 e. The van der Waals surface area contributed by atoms with Crippen LogP contribution in [-0.2, 0) is 0 Å². The maximum Gasteiger partial charge on any atom is 0.125 e. The Morgan fingerprint density at radius 1 is 1.21 bits per heavy atom. The van der Waals surface area contributed by atoms with Crippen molar-refractivity contribution >= 4 is 0 Å². The highest BCUT2D eigenvalue weighted by molar-refractivity contribution is 5.51. The van der Waals surface area contributed by atoms with Gasteiger partial charge in [0.25, 0.3) is 0 Å². The van der Waals surface area contributed by atoms with Crippen molar-refractivity contribution in [2.24, 2.45) is 5.73 Å². The van der Waals surface area contributed by atoms with Gasteiger partial charge in [0.1, 0.15) is 5.75 Å². The van der Waals surface area contributed by atoms with Gasteiger partial charge in [-0.3, -0.25) is 0 Å². The molecule has 2 N–H and O–H groups in total. The molecule has 1 aromatic heterocycles. The SMILES string of the molecule is COc1cccc(-n2ccc(C(C)C)n2)c1C(C)N. The van der Waals surface area contributed by atoms with Crippen LogP contribution in [0.25, 0.3) is 5.69 Å². The third-order valence-corrected chi connectivity index (χ3v) is 3.17. The molecule has 1 heterocycles. The summed E-state index contributed by atoms with van der Waals surface area (Å²) in [4.78, 5) is 0. The smallest absolute Gasteiger partial charge is 0.125 e. The first-order valence-corrected chi connectivity index (χ1v) is 6.53. The third-order valence-electron chi connectivity index (χ3n) is 3.17. The van der Waals surface area contributed by atoms with E-state index < -0.39 is 0 Å². The molecular formula is C15H21N3O. The highest BCUT2D eigenvalue weighted by Gasteiger charge is 2.15. The van der Waals surface area contributed by atoms with Crippen molar-refractivity contribution in [1.29, 1.82) is 0 Å². The van der Waals surface area contributed by atoms with E-state index in [9.17, 15) is 0 Å². The Labute approximate surface area is 114 Å². The molecular weight excluding hydrogens is 238 g/mol. The van der Waals surface area contributed by atoms with E-state index in [1.807, 2.05) is 42.1 Å². The van der Waals surface area contributed by atoms with Crippen LogP contribution in [0.1, 0.15) is 44.0 Å². The van der Waals surface area contributed by atoms with Gasteiger partial charge in [-0.05, 0) is 31.0 Å². The van der Waals surface area contributed by atoms with Gasteiger partial charge in [0, 0.05) is 17.8 Å². The van der Waals surface area contributed by atoms with E-state index >= 15 is 0 Å². The second-order valence-corrected chi connectivity index (χ2v) is 5.02. The van der Waals surface area contributed by atoms with Gasteiger partial charge in [-0.25, -0.2) is 4.68 Å². The Morgan fingerprint density at radius 3 is 2.47 bits per heavy atom. The molecule has 2 aromatic rings. The number of benzene rings is 1. The van der Waals surface area contributed by atoms with Crippen LogP contribution >= 0.6 is 0 Å². The summed E-state index contributed by atoms with van der Waals surface area (Å²) in [5.41, 5.74) is 9.09. The summed E-state index contributed by atoms with van der Waals surface area (Å²) in [5.74, 6) is 1.21. The molecule has 0 saturated carbocycles. The van der Waals surface area contributed by atoms with E-state index in [1.54, 1.807) is 7.11 Å². The molecule has 4 nitrogen and oxygen atoms in total. The average Bonchev–Trinajstić information content (AvgIpc) is 2.87. The molecule has 0 amide bonds. The minimum absolute atomic E-state index is 0.113. The molecule has 0 bridgehead atoms. The molecule has 0 aliphatic rings. The average molecular weight is 259 g/mol. The fraction of sp³-hybridized carbons (Fsp3) is 0.400. The van der Waals surface area contributed by atoms with Crippen LogP contribution in [0.5, 0.6) is 5.75 Å². The van der Waals surface area contributed by atoms with Gasteiger partial charge >= 0.3 is 0 Å². The van der Waals surface area contributed by atoms with Gasteiger partial charge in [0.2, 0.25) is 0 Å². The molecule has 0 fully saturated rings. The molecule has 1 unspecified atom stereocenters. The van der Waals surface area contributed by atoms with Crippen molar-refractivity contribution in [1.82, 2.24) is 9.78 Å². The Bertz CT molecular complexity index is 558. The molecule has 19 heavy (non-hydrogen) atoms. The fourth-order valence-corrected chi connectivity index (χ4v) is 2.15. The first-order chi connectivity index (χ1) is 9.04. The first-order valence-electron chi connectivity index (χ1n) is 6.53. The Hall–Kier alpha value is -1.81. The molecule has 1 atom stereocenters. The standard InChI is InChI=1S/C15H21N3O/c1-10(2)12-8-9-18(17-12)13-6-5-7-14(19-4)15(13)11(3)16/h5-11H,16H2,1-4H3. The summed E-state index contributed by atoms with van der Waals surface area (Å²) in [6.07, 6.45) is 1.97. The van der Waals surface area contributed by atoms with Crippen LogP contribution in [0.15, 0.2) is 30.5 Å². The Kier molecular flexibility index (Phi) is 3.90. The number of rotatable bonds is 4. The first kappa shape index (κ1) is 13.6. The van der Waals surface area contributed by atoms with Crippen LogP contribution in [0.4, 0.5) is 0 Å². The lowest BCUT2D eigenvalue weighted by Crippen LogP contribution is -2.12. The quantitative estimate of drug-likeness (QED) is 0.918. The van der Waals surface area contributed by atoms with Crippen LogP contribution in [0.3, 0.4) is 0 Å². The third kappa shape index (κ3) is 2.63. The monoisotopic (exact) mass is 259 g/mol. The predicted molar refractivity (Wildman–Crippen MR) is 76.8 cm³/mol. The molecule has 0 radical (unpaired) electrons. The molecule has 0 saturated heterocycles. The van der Waals surface area contributed by atoms with E-state index in [0.29, 0.717) is 5.92 Å². The second-order valence-electron chi connectivity index (χ2n) is 5.02. The number of nitrogens with zero attached hydrogens (tertiary/aromatic N) is 2. The van der Waals surface area contributed by atoms with Crippen molar-refractivity contribution in [3.8, 4) is 11.4 Å². The van der Waals surface area contributed by atoms with E-state index in [0.717, 1.165) is 22.7 Å². The molecule has 0 aliphatic carbocycles. The zero-order valence-electron chi connectivity index (χ0n) is 11.9. The topological polar surface area (TPSA) is 53.1 Å². The van der Waals surface area contributed by atoms with Crippen LogP contribution in [0, 0.1) is 0 Å². The van der Waals surface area contributed by atoms with Gasteiger partial charge < -0.3 is 10.5 Å². The second kappa shape index (κ2) is 5.45. The van der Waals surface area contributed by atoms with E-state index in [2.05, 4.69) is 18.9 Å². The minimum Gasteiger partial charge on any atom is -0.496 e. The fourth-order valence-electron chi connectivity index (χ4n) is 2.15. The molecule has 102 valence electrons. The highest BCUT2D eigenvalue weighted by atomic mass is 16.5. The molecule has 4 heteroatoms. The van der Waals surface area contributed by atoms with Crippen molar-refractivity contribution in [3.63, 3.8) is 0 Å². The number of methoxy groups -OCH3 is 1. The van der Waals surface area contributed by atoms with Gasteiger partial charge in [0.05, 0.1) is 18.5 Å². The summed E-state index contributed by atoms with van der Waals surface area (Å²) in [6.45, 7) is 6.21. The number of aromatic nitrogens is 2. The lowest BCUT2D eigenvalue weighted by atomic mass is 10.1. The Balaban J connectivity index is 2.54. The van der Waals surface area contributed by atoms with Gasteiger partial charge in [0.15, 0.2) is 0 Å². The van der Waals surface area contributed by atoms with Crippen LogP contribution in [-0.4, -0.2) is 16.9 Å². The van der Waals surface area contributed by atoms with E-state index in [1.165, 1.54) is 0 Å². The van der Waals surface area contributed by atoms with E-state index in [-0.39, 0.29) is 6.04 Å². The van der Waals surface area contributed by atoms with E-state index in [4.69, 9.17) is 10.5 Å². The summed E-state index contributed by atoms with van der Waals surface area (Å²) in [5, 5.41) is 4.60. The number of hydrogen-bond acceptors (Lipinski definition) is 3. The lowest BCUT2D eigenvalue weighted by molar-refractivity contribution is 0.406.